The molecule has 38 heavy (non-hydrogen) atoms. The summed E-state index contributed by atoms with van der Waals surface area (Å²) < 4.78 is 28.7. The van der Waals surface area contributed by atoms with Crippen LogP contribution in [0.2, 0.25) is 10.0 Å². The van der Waals surface area contributed by atoms with E-state index in [1.807, 2.05) is 19.9 Å². The summed E-state index contributed by atoms with van der Waals surface area (Å²) in [5, 5.41) is 3.39. The second-order valence-electron chi connectivity index (χ2n) is 8.96. The molecule has 0 aliphatic rings. The molecular weight excluding hydrogens is 545 g/mol. The molecule has 3 aromatic carbocycles. The van der Waals surface area contributed by atoms with E-state index in [4.69, 9.17) is 23.2 Å². The topological polar surface area (TPSA) is 86.8 Å². The molecule has 0 aliphatic heterocycles. The van der Waals surface area contributed by atoms with Crippen LogP contribution in [0.25, 0.3) is 0 Å². The van der Waals surface area contributed by atoms with Gasteiger partial charge in [0.2, 0.25) is 11.8 Å². The van der Waals surface area contributed by atoms with Gasteiger partial charge in [0.1, 0.15) is 12.6 Å². The summed E-state index contributed by atoms with van der Waals surface area (Å²) >= 11 is 12.8. The average molecular weight is 577 g/mol. The normalized spacial score (nSPS) is 12.1. The number of nitrogens with zero attached hydrogens (tertiary/aromatic N) is 2. The monoisotopic (exact) mass is 575 g/mol. The number of aryl methyl sites for hydroxylation is 2. The molecule has 3 aromatic rings. The highest BCUT2D eigenvalue weighted by atomic mass is 35.5. The maximum atomic E-state index is 13.9. The van der Waals surface area contributed by atoms with Gasteiger partial charge >= 0.3 is 0 Å². The minimum absolute atomic E-state index is 0.0458. The first kappa shape index (κ1) is 29.5. The lowest BCUT2D eigenvalue weighted by atomic mass is 10.1. The number of halogens is 2. The lowest BCUT2D eigenvalue weighted by molar-refractivity contribution is -0.139. The number of amides is 2. The highest BCUT2D eigenvalue weighted by molar-refractivity contribution is 7.92. The Labute approximate surface area is 234 Å². The standard InChI is InChI=1S/C28H31Cl2N3O4S/c1-5-31-28(35)21(4)32(17-24-25(29)12-9-13-26(24)30)27(34)18-33(22-15-19(2)14-20(3)16-22)38(36,37)23-10-7-6-8-11-23/h6-16,21H,5,17-18H2,1-4H3,(H,31,35). The van der Waals surface area contributed by atoms with Crippen LogP contribution in [0, 0.1) is 13.8 Å². The molecule has 7 nitrogen and oxygen atoms in total. The van der Waals surface area contributed by atoms with E-state index >= 15 is 0 Å². The van der Waals surface area contributed by atoms with E-state index in [2.05, 4.69) is 5.32 Å². The summed E-state index contributed by atoms with van der Waals surface area (Å²) in [5.41, 5.74) is 2.50. The van der Waals surface area contributed by atoms with Gasteiger partial charge in [0, 0.05) is 28.7 Å². The molecule has 1 N–H and O–H groups in total. The molecule has 0 fully saturated rings. The Kier molecular flexibility index (Phi) is 9.82. The summed E-state index contributed by atoms with van der Waals surface area (Å²) in [6, 6.07) is 17.3. The molecule has 2 amide bonds. The van der Waals surface area contributed by atoms with E-state index in [1.165, 1.54) is 17.0 Å². The van der Waals surface area contributed by atoms with Crippen LogP contribution in [0.1, 0.15) is 30.5 Å². The van der Waals surface area contributed by atoms with Gasteiger partial charge in [0.15, 0.2) is 0 Å². The predicted molar refractivity (Wildman–Crippen MR) is 152 cm³/mol. The molecule has 0 aromatic heterocycles. The van der Waals surface area contributed by atoms with Crippen LogP contribution in [-0.2, 0) is 26.2 Å². The first-order chi connectivity index (χ1) is 17.9. The summed E-state index contributed by atoms with van der Waals surface area (Å²) in [6.07, 6.45) is 0. The molecule has 1 unspecified atom stereocenters. The number of rotatable bonds is 10. The maximum Gasteiger partial charge on any atom is 0.264 e. The number of hydrogen-bond donors (Lipinski definition) is 1. The predicted octanol–water partition coefficient (Wildman–Crippen LogP) is 5.36. The van der Waals surface area contributed by atoms with Gasteiger partial charge in [0.05, 0.1) is 10.6 Å². The fourth-order valence-corrected chi connectivity index (χ4v) is 6.04. The van der Waals surface area contributed by atoms with Crippen LogP contribution >= 0.6 is 23.2 Å². The number of likely N-dealkylation sites (N-methyl/N-ethyl adjacent to an activating group) is 1. The smallest absolute Gasteiger partial charge is 0.264 e. The van der Waals surface area contributed by atoms with Gasteiger partial charge in [-0.05, 0) is 75.2 Å². The Balaban J connectivity index is 2.09. The molecular formula is C28H31Cl2N3O4S. The van der Waals surface area contributed by atoms with E-state index in [1.54, 1.807) is 62.4 Å². The minimum atomic E-state index is -4.13. The molecule has 0 radical (unpaired) electrons. The van der Waals surface area contributed by atoms with Crippen molar-refractivity contribution in [3.8, 4) is 0 Å². The molecule has 202 valence electrons. The molecule has 0 aliphatic carbocycles. The molecule has 0 heterocycles. The van der Waals surface area contributed by atoms with Crippen molar-refractivity contribution in [3.05, 3.63) is 93.5 Å². The summed E-state index contributed by atoms with van der Waals surface area (Å²) in [6.45, 7) is 6.82. The number of nitrogens with one attached hydrogen (secondary N) is 1. The molecule has 1 atom stereocenters. The molecule has 3 rings (SSSR count). The number of hydrogen-bond acceptors (Lipinski definition) is 4. The van der Waals surface area contributed by atoms with Crippen molar-refractivity contribution in [1.82, 2.24) is 10.2 Å². The van der Waals surface area contributed by atoms with Crippen molar-refractivity contribution in [2.45, 2.75) is 45.2 Å². The van der Waals surface area contributed by atoms with Crippen molar-refractivity contribution in [3.63, 3.8) is 0 Å². The highest BCUT2D eigenvalue weighted by Gasteiger charge is 2.33. The Morgan fingerprint density at radius 1 is 0.921 bits per heavy atom. The second-order valence-corrected chi connectivity index (χ2v) is 11.6. The van der Waals surface area contributed by atoms with Crippen LogP contribution in [0.3, 0.4) is 0 Å². The van der Waals surface area contributed by atoms with Gasteiger partial charge < -0.3 is 10.2 Å². The summed E-state index contributed by atoms with van der Waals surface area (Å²) in [7, 11) is -4.13. The first-order valence-corrected chi connectivity index (χ1v) is 14.3. The van der Waals surface area contributed by atoms with E-state index in [9.17, 15) is 18.0 Å². The van der Waals surface area contributed by atoms with Crippen molar-refractivity contribution in [2.24, 2.45) is 0 Å². The first-order valence-electron chi connectivity index (χ1n) is 12.1. The summed E-state index contributed by atoms with van der Waals surface area (Å²) in [5.74, 6) is -0.966. The van der Waals surface area contributed by atoms with Gasteiger partial charge in [-0.2, -0.15) is 0 Å². The van der Waals surface area contributed by atoms with Crippen molar-refractivity contribution >= 4 is 50.7 Å². The van der Waals surface area contributed by atoms with Gasteiger partial charge in [-0.15, -0.1) is 0 Å². The Hall–Kier alpha value is -3.07. The minimum Gasteiger partial charge on any atom is -0.355 e. The molecule has 0 saturated carbocycles. The van der Waals surface area contributed by atoms with E-state index in [0.717, 1.165) is 15.4 Å². The SMILES string of the molecule is CCNC(=O)C(C)N(Cc1c(Cl)cccc1Cl)C(=O)CN(c1cc(C)cc(C)c1)S(=O)(=O)c1ccccc1. The van der Waals surface area contributed by atoms with Crippen LogP contribution in [0.5, 0.6) is 0 Å². The van der Waals surface area contributed by atoms with Gasteiger partial charge in [-0.25, -0.2) is 8.42 Å². The molecule has 10 heteroatoms. The largest absolute Gasteiger partial charge is 0.355 e. The van der Waals surface area contributed by atoms with E-state index in [0.29, 0.717) is 27.8 Å². The summed E-state index contributed by atoms with van der Waals surface area (Å²) in [4.78, 5) is 28.1. The van der Waals surface area contributed by atoms with Crippen molar-refractivity contribution in [1.29, 1.82) is 0 Å². The average Bonchev–Trinajstić information content (AvgIpc) is 2.86. The number of anilines is 1. The second kappa shape index (κ2) is 12.7. The zero-order chi connectivity index (χ0) is 28.0. The van der Waals surface area contributed by atoms with E-state index in [-0.39, 0.29) is 17.3 Å². The Morgan fingerprint density at radius 2 is 1.50 bits per heavy atom. The van der Waals surface area contributed by atoms with Crippen LogP contribution in [-0.4, -0.2) is 44.3 Å². The zero-order valence-corrected chi connectivity index (χ0v) is 24.1. The molecule has 0 bridgehead atoms. The van der Waals surface area contributed by atoms with Crippen LogP contribution in [0.15, 0.2) is 71.6 Å². The van der Waals surface area contributed by atoms with Crippen molar-refractivity contribution < 1.29 is 18.0 Å². The fourth-order valence-electron chi connectivity index (χ4n) is 4.10. The number of carbonyl (C=O) groups is 2. The highest BCUT2D eigenvalue weighted by Crippen LogP contribution is 2.29. The number of benzene rings is 3. The Bertz CT molecular complexity index is 1370. The van der Waals surface area contributed by atoms with Crippen molar-refractivity contribution in [2.75, 3.05) is 17.4 Å². The van der Waals surface area contributed by atoms with E-state index < -0.39 is 28.5 Å². The van der Waals surface area contributed by atoms with Gasteiger partial charge in [0.25, 0.3) is 10.0 Å². The number of carbonyl (C=O) groups excluding carboxylic acids is 2. The Morgan fingerprint density at radius 3 is 2.05 bits per heavy atom. The number of sulfonamides is 1. The van der Waals surface area contributed by atoms with Gasteiger partial charge in [-0.3, -0.25) is 13.9 Å². The zero-order valence-electron chi connectivity index (χ0n) is 21.7. The quantitative estimate of drug-likeness (QED) is 0.352. The maximum absolute atomic E-state index is 13.9. The lowest BCUT2D eigenvalue weighted by Crippen LogP contribution is -2.51. The fraction of sp³-hybridized carbons (Fsp3) is 0.286. The third-order valence-electron chi connectivity index (χ3n) is 6.01. The van der Waals surface area contributed by atoms with Crippen LogP contribution < -0.4 is 9.62 Å². The third kappa shape index (κ3) is 6.87. The molecule has 0 spiro atoms. The van der Waals surface area contributed by atoms with Crippen LogP contribution in [0.4, 0.5) is 5.69 Å². The third-order valence-corrected chi connectivity index (χ3v) is 8.51. The lowest BCUT2D eigenvalue weighted by Gasteiger charge is -2.32. The molecule has 0 saturated heterocycles. The van der Waals surface area contributed by atoms with Gasteiger partial charge in [-0.1, -0.05) is 53.5 Å².